The number of rotatable bonds is 3. The van der Waals surface area contributed by atoms with E-state index in [2.05, 4.69) is 29.2 Å². The zero-order valence-electron chi connectivity index (χ0n) is 11.0. The van der Waals surface area contributed by atoms with Gasteiger partial charge in [0.2, 0.25) is 5.91 Å². The van der Waals surface area contributed by atoms with Crippen molar-refractivity contribution in [3.05, 3.63) is 29.8 Å². The van der Waals surface area contributed by atoms with Crippen LogP contribution in [0.3, 0.4) is 0 Å². The van der Waals surface area contributed by atoms with Crippen LogP contribution in [0.15, 0.2) is 29.2 Å². The Morgan fingerprint density at radius 3 is 2.74 bits per heavy atom. The third-order valence-electron chi connectivity index (χ3n) is 4.17. The van der Waals surface area contributed by atoms with E-state index in [-0.39, 0.29) is 11.8 Å². The van der Waals surface area contributed by atoms with Crippen LogP contribution in [0.1, 0.15) is 18.4 Å². The minimum absolute atomic E-state index is 0.102. The summed E-state index contributed by atoms with van der Waals surface area (Å²) in [5.41, 5.74) is 6.86. The number of thioether (sulfide) groups is 1. The highest BCUT2D eigenvalue weighted by Gasteiger charge is 2.27. The molecule has 0 radical (unpaired) electrons. The predicted molar refractivity (Wildman–Crippen MR) is 78.1 cm³/mol. The molecule has 3 rings (SSSR count). The number of hydrogen-bond donors (Lipinski definition) is 1. The average Bonchev–Trinajstić information content (AvgIpc) is 2.81. The highest BCUT2D eigenvalue weighted by molar-refractivity contribution is 8.00. The smallest absolute Gasteiger partial charge is 0.220 e. The van der Waals surface area contributed by atoms with Crippen LogP contribution in [0.4, 0.5) is 0 Å². The normalized spacial score (nSPS) is 24.3. The van der Waals surface area contributed by atoms with E-state index in [9.17, 15) is 4.79 Å². The van der Waals surface area contributed by atoms with Gasteiger partial charge in [-0.1, -0.05) is 18.2 Å². The van der Waals surface area contributed by atoms with Gasteiger partial charge in [0.15, 0.2) is 0 Å². The molecule has 1 amide bonds. The Morgan fingerprint density at radius 2 is 2.05 bits per heavy atom. The lowest BCUT2D eigenvalue weighted by molar-refractivity contribution is -0.123. The molecule has 1 fully saturated rings. The fourth-order valence-corrected chi connectivity index (χ4v) is 4.41. The van der Waals surface area contributed by atoms with E-state index < -0.39 is 0 Å². The SMILES string of the molecule is NC(=O)C1CCN(CC2Cc3ccccc3S2)CC1. The van der Waals surface area contributed by atoms with Crippen molar-refractivity contribution in [2.75, 3.05) is 19.6 Å². The number of primary amides is 1. The van der Waals surface area contributed by atoms with Gasteiger partial charge in [-0.25, -0.2) is 0 Å². The molecule has 19 heavy (non-hydrogen) atoms. The number of likely N-dealkylation sites (tertiary alicyclic amines) is 1. The largest absolute Gasteiger partial charge is 0.369 e. The molecule has 1 unspecified atom stereocenters. The molecule has 2 N–H and O–H groups in total. The van der Waals surface area contributed by atoms with Gasteiger partial charge in [0.25, 0.3) is 0 Å². The predicted octanol–water partition coefficient (Wildman–Crippen LogP) is 1.90. The van der Waals surface area contributed by atoms with Gasteiger partial charge in [-0.3, -0.25) is 4.79 Å². The Morgan fingerprint density at radius 1 is 1.32 bits per heavy atom. The fourth-order valence-electron chi connectivity index (χ4n) is 3.04. The Kier molecular flexibility index (Phi) is 3.80. The number of nitrogens with zero attached hydrogens (tertiary/aromatic N) is 1. The molecule has 0 bridgehead atoms. The van der Waals surface area contributed by atoms with Crippen molar-refractivity contribution in [2.24, 2.45) is 11.7 Å². The maximum absolute atomic E-state index is 11.2. The van der Waals surface area contributed by atoms with Gasteiger partial charge in [-0.2, -0.15) is 0 Å². The van der Waals surface area contributed by atoms with E-state index >= 15 is 0 Å². The molecule has 2 heterocycles. The molecule has 1 atom stereocenters. The van der Waals surface area contributed by atoms with Crippen LogP contribution in [0, 0.1) is 5.92 Å². The fraction of sp³-hybridized carbons (Fsp3) is 0.533. The van der Waals surface area contributed by atoms with Crippen molar-refractivity contribution >= 4 is 17.7 Å². The van der Waals surface area contributed by atoms with E-state index in [4.69, 9.17) is 5.73 Å². The number of carbonyl (C=O) groups excluding carboxylic acids is 1. The number of nitrogens with two attached hydrogens (primary N) is 1. The van der Waals surface area contributed by atoms with E-state index in [1.54, 1.807) is 0 Å². The highest BCUT2D eigenvalue weighted by atomic mass is 32.2. The number of piperidine rings is 1. The van der Waals surface area contributed by atoms with Crippen molar-refractivity contribution in [1.82, 2.24) is 4.90 Å². The quantitative estimate of drug-likeness (QED) is 0.917. The molecule has 4 heteroatoms. The van der Waals surface area contributed by atoms with Crippen LogP contribution < -0.4 is 5.73 Å². The minimum atomic E-state index is -0.123. The summed E-state index contributed by atoms with van der Waals surface area (Å²) in [5, 5.41) is 0.669. The van der Waals surface area contributed by atoms with Crippen LogP contribution in [0.2, 0.25) is 0 Å². The molecule has 102 valence electrons. The summed E-state index contributed by atoms with van der Waals surface area (Å²) >= 11 is 2.00. The van der Waals surface area contributed by atoms with E-state index in [1.165, 1.54) is 16.9 Å². The van der Waals surface area contributed by atoms with E-state index in [0.717, 1.165) is 32.5 Å². The average molecular weight is 276 g/mol. The van der Waals surface area contributed by atoms with Crippen molar-refractivity contribution in [3.63, 3.8) is 0 Å². The van der Waals surface area contributed by atoms with Crippen LogP contribution in [-0.2, 0) is 11.2 Å². The Bertz CT molecular complexity index is 444. The summed E-state index contributed by atoms with van der Waals surface area (Å²) in [4.78, 5) is 15.1. The molecule has 1 saturated heterocycles. The lowest BCUT2D eigenvalue weighted by Crippen LogP contribution is -2.41. The van der Waals surface area contributed by atoms with Crippen molar-refractivity contribution in [1.29, 1.82) is 0 Å². The van der Waals surface area contributed by atoms with Crippen molar-refractivity contribution < 1.29 is 4.79 Å². The molecule has 0 aliphatic carbocycles. The monoisotopic (exact) mass is 276 g/mol. The molecular formula is C15H20N2OS. The second-order valence-electron chi connectivity index (χ2n) is 5.53. The van der Waals surface area contributed by atoms with Crippen LogP contribution in [-0.4, -0.2) is 35.7 Å². The van der Waals surface area contributed by atoms with Gasteiger partial charge >= 0.3 is 0 Å². The van der Waals surface area contributed by atoms with E-state index in [1.807, 2.05) is 11.8 Å². The lowest BCUT2D eigenvalue weighted by atomic mass is 9.96. The molecule has 0 saturated carbocycles. The Hall–Kier alpha value is -1.00. The number of carbonyl (C=O) groups is 1. The first-order valence-electron chi connectivity index (χ1n) is 6.98. The minimum Gasteiger partial charge on any atom is -0.369 e. The van der Waals surface area contributed by atoms with Crippen molar-refractivity contribution in [2.45, 2.75) is 29.4 Å². The first kappa shape index (κ1) is 13.0. The zero-order chi connectivity index (χ0) is 13.2. The summed E-state index contributed by atoms with van der Waals surface area (Å²) in [6.45, 7) is 3.16. The van der Waals surface area contributed by atoms with Gasteiger partial charge in [-0.15, -0.1) is 11.8 Å². The molecule has 0 aromatic heterocycles. The van der Waals surface area contributed by atoms with E-state index in [0.29, 0.717) is 5.25 Å². The summed E-state index contributed by atoms with van der Waals surface area (Å²) in [6.07, 6.45) is 3.04. The van der Waals surface area contributed by atoms with Crippen LogP contribution >= 0.6 is 11.8 Å². The Labute approximate surface area is 118 Å². The third kappa shape index (κ3) is 2.95. The molecule has 2 aliphatic rings. The second-order valence-corrected chi connectivity index (χ2v) is 6.87. The lowest BCUT2D eigenvalue weighted by Gasteiger charge is -2.31. The molecule has 1 aromatic carbocycles. The van der Waals surface area contributed by atoms with Crippen LogP contribution in [0.25, 0.3) is 0 Å². The second kappa shape index (κ2) is 5.55. The van der Waals surface area contributed by atoms with Crippen LogP contribution in [0.5, 0.6) is 0 Å². The number of hydrogen-bond acceptors (Lipinski definition) is 3. The van der Waals surface area contributed by atoms with Gasteiger partial charge in [-0.05, 0) is 44.0 Å². The number of fused-ring (bicyclic) bond motifs is 1. The molecule has 2 aliphatic heterocycles. The summed E-state index contributed by atoms with van der Waals surface area (Å²) in [6, 6.07) is 8.70. The zero-order valence-corrected chi connectivity index (χ0v) is 11.9. The maximum Gasteiger partial charge on any atom is 0.220 e. The third-order valence-corrected chi connectivity index (χ3v) is 5.47. The first-order valence-corrected chi connectivity index (χ1v) is 7.86. The maximum atomic E-state index is 11.2. The molecule has 0 spiro atoms. The highest BCUT2D eigenvalue weighted by Crippen LogP contribution is 2.37. The van der Waals surface area contributed by atoms with Gasteiger partial charge in [0.1, 0.15) is 0 Å². The summed E-state index contributed by atoms with van der Waals surface area (Å²) in [7, 11) is 0. The summed E-state index contributed by atoms with van der Waals surface area (Å²) in [5.74, 6) is -0.0213. The standard InChI is InChI=1S/C15H20N2OS/c16-15(18)11-5-7-17(8-6-11)10-13-9-12-3-1-2-4-14(12)19-13/h1-4,11,13H,5-10H2,(H2,16,18). The summed E-state index contributed by atoms with van der Waals surface area (Å²) < 4.78 is 0. The topological polar surface area (TPSA) is 46.3 Å². The van der Waals surface area contributed by atoms with Gasteiger partial charge in [0, 0.05) is 22.6 Å². The number of benzene rings is 1. The Balaban J connectivity index is 1.51. The molecule has 3 nitrogen and oxygen atoms in total. The van der Waals surface area contributed by atoms with Crippen molar-refractivity contribution in [3.8, 4) is 0 Å². The van der Waals surface area contributed by atoms with Gasteiger partial charge < -0.3 is 10.6 Å². The first-order chi connectivity index (χ1) is 9.22. The molecular weight excluding hydrogens is 256 g/mol. The molecule has 1 aromatic rings. The van der Waals surface area contributed by atoms with Gasteiger partial charge in [0.05, 0.1) is 0 Å². The number of amides is 1.